The van der Waals surface area contributed by atoms with Gasteiger partial charge in [0.1, 0.15) is 5.75 Å². The number of rotatable bonds is 2. The monoisotopic (exact) mass is 236 g/mol. The predicted octanol–water partition coefficient (Wildman–Crippen LogP) is 2.29. The van der Waals surface area contributed by atoms with Crippen LogP contribution in [0.3, 0.4) is 0 Å². The molecule has 0 atom stereocenters. The zero-order valence-electron chi connectivity index (χ0n) is 8.55. The number of carbonyl (C=O) groups is 1. The molecule has 0 fully saturated rings. The number of benzene rings is 1. The van der Waals surface area contributed by atoms with Crippen LogP contribution in [0.25, 0.3) is 0 Å². The van der Waals surface area contributed by atoms with Crippen LogP contribution in [0.2, 0.25) is 5.02 Å². The largest absolute Gasteiger partial charge is 0.419 e. The van der Waals surface area contributed by atoms with Gasteiger partial charge in [0.05, 0.1) is 5.02 Å². The van der Waals surface area contributed by atoms with E-state index >= 15 is 0 Å². The van der Waals surface area contributed by atoms with Crippen molar-refractivity contribution in [3.8, 4) is 5.75 Å². The number of halogens is 1. The van der Waals surface area contributed by atoms with E-state index in [0.29, 0.717) is 10.8 Å². The Kier molecular flexibility index (Phi) is 2.92. The van der Waals surface area contributed by atoms with Crippen molar-refractivity contribution in [2.24, 2.45) is 7.05 Å². The molecule has 0 aliphatic heterocycles. The quantitative estimate of drug-likeness (QED) is 0.594. The van der Waals surface area contributed by atoms with Crippen molar-refractivity contribution in [2.45, 2.75) is 0 Å². The number of imidazole rings is 1. The van der Waals surface area contributed by atoms with E-state index in [9.17, 15) is 4.79 Å². The van der Waals surface area contributed by atoms with Gasteiger partial charge < -0.3 is 9.30 Å². The van der Waals surface area contributed by atoms with Gasteiger partial charge in [-0.3, -0.25) is 0 Å². The molecular formula is C11H9ClN2O2. The lowest BCUT2D eigenvalue weighted by atomic mass is 10.3. The Bertz CT molecular complexity index is 522. The molecule has 0 radical (unpaired) electrons. The molecule has 82 valence electrons. The molecule has 4 nitrogen and oxygen atoms in total. The maximum absolute atomic E-state index is 11.7. The summed E-state index contributed by atoms with van der Waals surface area (Å²) in [6.07, 6.45) is 3.20. The van der Waals surface area contributed by atoms with Crippen molar-refractivity contribution in [2.75, 3.05) is 0 Å². The maximum Gasteiger partial charge on any atom is 0.379 e. The fourth-order valence-electron chi connectivity index (χ4n) is 1.24. The van der Waals surface area contributed by atoms with Gasteiger partial charge in [-0.2, -0.15) is 0 Å². The van der Waals surface area contributed by atoms with Gasteiger partial charge in [0.15, 0.2) is 0 Å². The van der Waals surface area contributed by atoms with Crippen LogP contribution in [-0.2, 0) is 7.05 Å². The van der Waals surface area contributed by atoms with Crippen molar-refractivity contribution < 1.29 is 9.53 Å². The molecule has 1 aromatic heterocycles. The van der Waals surface area contributed by atoms with Crippen LogP contribution in [-0.4, -0.2) is 15.5 Å². The summed E-state index contributed by atoms with van der Waals surface area (Å²) in [5.41, 5.74) is 0. The molecule has 16 heavy (non-hydrogen) atoms. The number of nitrogens with zero attached hydrogens (tertiary/aromatic N) is 2. The minimum atomic E-state index is -0.527. The molecular weight excluding hydrogens is 228 g/mol. The van der Waals surface area contributed by atoms with Crippen LogP contribution in [0.5, 0.6) is 5.75 Å². The third-order valence-electron chi connectivity index (χ3n) is 2.04. The third kappa shape index (κ3) is 2.06. The molecule has 1 aromatic carbocycles. The molecule has 1 heterocycles. The fraction of sp³-hybridized carbons (Fsp3) is 0.0909. The average Bonchev–Trinajstić information content (AvgIpc) is 2.68. The van der Waals surface area contributed by atoms with E-state index < -0.39 is 5.97 Å². The van der Waals surface area contributed by atoms with E-state index in [1.165, 1.54) is 6.20 Å². The van der Waals surface area contributed by atoms with Gasteiger partial charge in [0, 0.05) is 19.4 Å². The number of ether oxygens (including phenoxy) is 1. The molecule has 0 bridgehead atoms. The molecule has 5 heteroatoms. The number of para-hydroxylation sites is 1. The Hall–Kier alpha value is -1.81. The maximum atomic E-state index is 11.7. The van der Waals surface area contributed by atoms with Gasteiger partial charge >= 0.3 is 5.97 Å². The molecule has 0 amide bonds. The summed E-state index contributed by atoms with van der Waals surface area (Å²) in [6.45, 7) is 0. The second-order valence-electron chi connectivity index (χ2n) is 3.18. The summed E-state index contributed by atoms with van der Waals surface area (Å²) in [5, 5.41) is 0.394. The first-order chi connectivity index (χ1) is 7.68. The van der Waals surface area contributed by atoms with E-state index in [1.807, 2.05) is 0 Å². The topological polar surface area (TPSA) is 44.1 Å². The number of carbonyl (C=O) groups excluding carboxylic acids is 1. The average molecular weight is 237 g/mol. The summed E-state index contributed by atoms with van der Waals surface area (Å²) < 4.78 is 6.70. The van der Waals surface area contributed by atoms with Crippen molar-refractivity contribution in [1.82, 2.24) is 9.55 Å². The molecule has 0 unspecified atom stereocenters. The molecule has 0 N–H and O–H groups in total. The normalized spacial score (nSPS) is 10.1. The Morgan fingerprint density at radius 1 is 1.44 bits per heavy atom. The lowest BCUT2D eigenvalue weighted by Gasteiger charge is -2.05. The zero-order valence-corrected chi connectivity index (χ0v) is 9.31. The SMILES string of the molecule is Cn1ccnc1C(=O)Oc1ccccc1Cl. The molecule has 2 aromatic rings. The fourth-order valence-corrected chi connectivity index (χ4v) is 1.41. The van der Waals surface area contributed by atoms with Gasteiger partial charge in [-0.25, -0.2) is 9.78 Å². The minimum Gasteiger partial charge on any atom is -0.419 e. The van der Waals surface area contributed by atoms with E-state index in [2.05, 4.69) is 4.98 Å². The summed E-state index contributed by atoms with van der Waals surface area (Å²) in [6, 6.07) is 6.79. The Labute approximate surface area is 97.4 Å². The first kappa shape index (κ1) is 10.7. The Morgan fingerprint density at radius 2 is 2.19 bits per heavy atom. The Balaban J connectivity index is 2.21. The molecule has 0 saturated heterocycles. The van der Waals surface area contributed by atoms with E-state index in [1.54, 1.807) is 42.1 Å². The van der Waals surface area contributed by atoms with E-state index in [0.717, 1.165) is 0 Å². The second-order valence-corrected chi connectivity index (χ2v) is 3.59. The third-order valence-corrected chi connectivity index (χ3v) is 2.36. The highest BCUT2D eigenvalue weighted by atomic mass is 35.5. The summed E-state index contributed by atoms with van der Waals surface area (Å²) in [7, 11) is 1.72. The highest BCUT2D eigenvalue weighted by Gasteiger charge is 2.14. The predicted molar refractivity (Wildman–Crippen MR) is 59.6 cm³/mol. The number of hydrogen-bond donors (Lipinski definition) is 0. The first-order valence-corrected chi connectivity index (χ1v) is 5.00. The van der Waals surface area contributed by atoms with Crippen LogP contribution in [0.1, 0.15) is 10.6 Å². The van der Waals surface area contributed by atoms with Gasteiger partial charge in [-0.15, -0.1) is 0 Å². The minimum absolute atomic E-state index is 0.236. The van der Waals surface area contributed by atoms with Gasteiger partial charge in [-0.1, -0.05) is 23.7 Å². The van der Waals surface area contributed by atoms with Gasteiger partial charge in [0.2, 0.25) is 5.82 Å². The summed E-state index contributed by atoms with van der Waals surface area (Å²) >= 11 is 5.87. The van der Waals surface area contributed by atoms with Crippen LogP contribution >= 0.6 is 11.6 Å². The number of aromatic nitrogens is 2. The van der Waals surface area contributed by atoms with Gasteiger partial charge in [0.25, 0.3) is 0 Å². The molecule has 0 spiro atoms. The lowest BCUT2D eigenvalue weighted by molar-refractivity contribution is 0.0718. The van der Waals surface area contributed by atoms with E-state index in [4.69, 9.17) is 16.3 Å². The van der Waals surface area contributed by atoms with Crippen LogP contribution in [0.4, 0.5) is 0 Å². The standard InChI is InChI=1S/C11H9ClN2O2/c1-14-7-6-13-10(14)11(15)16-9-5-3-2-4-8(9)12/h2-7H,1H3. The molecule has 0 aliphatic rings. The molecule has 2 rings (SSSR count). The summed E-state index contributed by atoms with van der Waals surface area (Å²) in [4.78, 5) is 15.6. The molecule has 0 aliphatic carbocycles. The second kappa shape index (κ2) is 4.37. The van der Waals surface area contributed by atoms with E-state index in [-0.39, 0.29) is 5.82 Å². The highest BCUT2D eigenvalue weighted by molar-refractivity contribution is 6.32. The highest BCUT2D eigenvalue weighted by Crippen LogP contribution is 2.23. The summed E-state index contributed by atoms with van der Waals surface area (Å²) in [5.74, 6) is 0.0395. The van der Waals surface area contributed by atoms with Crippen LogP contribution in [0.15, 0.2) is 36.7 Å². The first-order valence-electron chi connectivity index (χ1n) is 4.62. The van der Waals surface area contributed by atoms with Crippen molar-refractivity contribution in [1.29, 1.82) is 0 Å². The van der Waals surface area contributed by atoms with Crippen LogP contribution in [0, 0.1) is 0 Å². The number of esters is 1. The lowest BCUT2D eigenvalue weighted by Crippen LogP contribution is -2.14. The van der Waals surface area contributed by atoms with Crippen molar-refractivity contribution >= 4 is 17.6 Å². The smallest absolute Gasteiger partial charge is 0.379 e. The van der Waals surface area contributed by atoms with Crippen molar-refractivity contribution in [3.05, 3.63) is 47.5 Å². The van der Waals surface area contributed by atoms with Gasteiger partial charge in [-0.05, 0) is 12.1 Å². The van der Waals surface area contributed by atoms with Crippen molar-refractivity contribution in [3.63, 3.8) is 0 Å². The number of aryl methyl sites for hydroxylation is 1. The number of hydrogen-bond acceptors (Lipinski definition) is 3. The van der Waals surface area contributed by atoms with Crippen LogP contribution < -0.4 is 4.74 Å². The zero-order chi connectivity index (χ0) is 11.5. The molecule has 0 saturated carbocycles. The Morgan fingerprint density at radius 3 is 2.81 bits per heavy atom.